The lowest BCUT2D eigenvalue weighted by molar-refractivity contribution is -0.133. The zero-order valence-corrected chi connectivity index (χ0v) is 9.71. The van der Waals surface area contributed by atoms with E-state index < -0.39 is 5.97 Å². The number of carbonyl (C=O) groups is 2. The molecule has 0 rings (SSSR count). The minimum absolute atomic E-state index is 0.0844. The van der Waals surface area contributed by atoms with E-state index in [1.54, 1.807) is 0 Å². The summed E-state index contributed by atoms with van der Waals surface area (Å²) in [5.74, 6) is -0.998. The molecular weight excluding hydrogens is 218 g/mol. The minimum Gasteiger partial charge on any atom is -0.481 e. The zero-order valence-electron chi connectivity index (χ0n) is 8.90. The third kappa shape index (κ3) is 7.21. The summed E-state index contributed by atoms with van der Waals surface area (Å²) in [4.78, 5) is 21.4. The highest BCUT2D eigenvalue weighted by Gasteiger charge is 2.14. The molecule has 5 nitrogen and oxygen atoms in total. The quantitative estimate of drug-likeness (QED) is 0.575. The van der Waals surface area contributed by atoms with Crippen LogP contribution < -0.4 is 5.32 Å². The maximum absolute atomic E-state index is 11.3. The predicted octanol–water partition coefficient (Wildman–Crippen LogP) is -0.0627. The van der Waals surface area contributed by atoms with Gasteiger partial charge in [-0.1, -0.05) is 13.8 Å². The average Bonchev–Trinajstić information content (AvgIpc) is 2.13. The summed E-state index contributed by atoms with van der Waals surface area (Å²) in [6.45, 7) is 3.68. The van der Waals surface area contributed by atoms with Gasteiger partial charge in [-0.05, 0) is 5.92 Å². The molecule has 0 aromatic rings. The molecule has 0 fully saturated rings. The first-order valence-corrected chi connectivity index (χ1v) is 5.82. The van der Waals surface area contributed by atoms with Crippen LogP contribution in [-0.4, -0.2) is 46.2 Å². The summed E-state index contributed by atoms with van der Waals surface area (Å²) in [5.41, 5.74) is 0. The van der Waals surface area contributed by atoms with Crippen LogP contribution in [0.15, 0.2) is 0 Å². The van der Waals surface area contributed by atoms with Crippen molar-refractivity contribution in [3.63, 3.8) is 0 Å². The molecule has 0 aromatic carbocycles. The third-order valence-electron chi connectivity index (χ3n) is 1.81. The normalized spacial score (nSPS) is 12.5. The minimum atomic E-state index is -0.935. The van der Waals surface area contributed by atoms with Crippen LogP contribution >= 0.6 is 11.8 Å². The van der Waals surface area contributed by atoms with Crippen molar-refractivity contribution in [1.29, 1.82) is 0 Å². The maximum atomic E-state index is 11.3. The second-order valence-corrected chi connectivity index (χ2v) is 4.47. The Balaban J connectivity index is 3.76. The molecule has 0 saturated carbocycles. The number of hydrogen-bond donors (Lipinski definition) is 3. The van der Waals surface area contributed by atoms with Gasteiger partial charge in [0.2, 0.25) is 5.91 Å². The Morgan fingerprint density at radius 3 is 2.33 bits per heavy atom. The Morgan fingerprint density at radius 1 is 1.33 bits per heavy atom. The number of nitrogens with one attached hydrogen (secondary N) is 1. The number of rotatable bonds is 7. The van der Waals surface area contributed by atoms with Crippen LogP contribution in [0.1, 0.15) is 13.8 Å². The third-order valence-corrected chi connectivity index (χ3v) is 2.72. The SMILES string of the molecule is CC(C)[C@@H](CO)NC(=O)CSCC(=O)O. The predicted molar refractivity (Wildman–Crippen MR) is 58.8 cm³/mol. The molecule has 0 aliphatic carbocycles. The molecule has 0 saturated heterocycles. The lowest BCUT2D eigenvalue weighted by Crippen LogP contribution is -2.42. The molecule has 0 aromatic heterocycles. The molecule has 0 spiro atoms. The molecule has 88 valence electrons. The van der Waals surface area contributed by atoms with E-state index >= 15 is 0 Å². The summed E-state index contributed by atoms with van der Waals surface area (Å²) in [6, 6.07) is -0.261. The topological polar surface area (TPSA) is 86.6 Å². The van der Waals surface area contributed by atoms with Crippen LogP contribution in [0.25, 0.3) is 0 Å². The van der Waals surface area contributed by atoms with Gasteiger partial charge in [-0.15, -0.1) is 11.8 Å². The monoisotopic (exact) mass is 235 g/mol. The van der Waals surface area contributed by atoms with E-state index in [0.29, 0.717) is 0 Å². The molecule has 0 bridgehead atoms. The highest BCUT2D eigenvalue weighted by atomic mass is 32.2. The van der Waals surface area contributed by atoms with Crippen molar-refractivity contribution in [3.8, 4) is 0 Å². The smallest absolute Gasteiger partial charge is 0.313 e. The van der Waals surface area contributed by atoms with Crippen molar-refractivity contribution in [2.45, 2.75) is 19.9 Å². The Morgan fingerprint density at radius 2 is 1.93 bits per heavy atom. The summed E-state index contributed by atoms with van der Waals surface area (Å²) in [5, 5.41) is 19.9. The summed E-state index contributed by atoms with van der Waals surface area (Å²) in [6.07, 6.45) is 0. The first kappa shape index (κ1) is 14.2. The van der Waals surface area contributed by atoms with Crippen LogP contribution in [0.4, 0.5) is 0 Å². The molecular formula is C9H17NO4S. The molecule has 1 amide bonds. The molecule has 15 heavy (non-hydrogen) atoms. The Bertz CT molecular complexity index is 220. The molecule has 0 aliphatic rings. The standard InChI is InChI=1S/C9H17NO4S/c1-6(2)7(3-11)10-8(12)4-15-5-9(13)14/h6-7,11H,3-5H2,1-2H3,(H,10,12)(H,13,14)/t7-/m1/s1. The van der Waals surface area contributed by atoms with E-state index in [1.807, 2.05) is 13.8 Å². The fraction of sp³-hybridized carbons (Fsp3) is 0.778. The lowest BCUT2D eigenvalue weighted by Gasteiger charge is -2.19. The van der Waals surface area contributed by atoms with Gasteiger partial charge in [-0.25, -0.2) is 0 Å². The lowest BCUT2D eigenvalue weighted by atomic mass is 10.1. The van der Waals surface area contributed by atoms with Crippen LogP contribution in [0.2, 0.25) is 0 Å². The number of aliphatic hydroxyl groups is 1. The van der Waals surface area contributed by atoms with Gasteiger partial charge < -0.3 is 15.5 Å². The number of amides is 1. The van der Waals surface area contributed by atoms with E-state index in [-0.39, 0.29) is 36.0 Å². The van der Waals surface area contributed by atoms with Crippen molar-refractivity contribution in [1.82, 2.24) is 5.32 Å². The Labute approximate surface area is 93.2 Å². The van der Waals surface area contributed by atoms with E-state index in [0.717, 1.165) is 11.8 Å². The van der Waals surface area contributed by atoms with Crippen molar-refractivity contribution in [2.75, 3.05) is 18.1 Å². The number of carbonyl (C=O) groups excluding carboxylic acids is 1. The molecule has 0 radical (unpaired) electrons. The number of aliphatic carboxylic acids is 1. The average molecular weight is 235 g/mol. The van der Waals surface area contributed by atoms with Gasteiger partial charge >= 0.3 is 5.97 Å². The number of carboxylic acids is 1. The van der Waals surface area contributed by atoms with Crippen molar-refractivity contribution in [3.05, 3.63) is 0 Å². The highest BCUT2D eigenvalue weighted by Crippen LogP contribution is 2.03. The van der Waals surface area contributed by atoms with Crippen molar-refractivity contribution >= 4 is 23.6 Å². The number of thioether (sulfide) groups is 1. The van der Waals surface area contributed by atoms with Gasteiger partial charge in [-0.3, -0.25) is 9.59 Å². The molecule has 3 N–H and O–H groups in total. The number of carboxylic acid groups (broad SMARTS) is 1. The fourth-order valence-electron chi connectivity index (χ4n) is 0.903. The van der Waals surface area contributed by atoms with Crippen LogP contribution in [-0.2, 0) is 9.59 Å². The first-order valence-electron chi connectivity index (χ1n) is 4.67. The fourth-order valence-corrected chi connectivity index (χ4v) is 1.45. The summed E-state index contributed by atoms with van der Waals surface area (Å²) in [7, 11) is 0. The highest BCUT2D eigenvalue weighted by molar-refractivity contribution is 8.00. The second kappa shape index (κ2) is 7.53. The van der Waals surface area contributed by atoms with Gasteiger partial charge in [0.25, 0.3) is 0 Å². The molecule has 0 unspecified atom stereocenters. The van der Waals surface area contributed by atoms with E-state index in [1.165, 1.54) is 0 Å². The summed E-state index contributed by atoms with van der Waals surface area (Å²) < 4.78 is 0. The van der Waals surface area contributed by atoms with Gasteiger partial charge in [-0.2, -0.15) is 0 Å². The molecule has 0 aliphatic heterocycles. The van der Waals surface area contributed by atoms with Gasteiger partial charge in [0.05, 0.1) is 24.2 Å². The Kier molecular flexibility index (Phi) is 7.15. The maximum Gasteiger partial charge on any atom is 0.313 e. The van der Waals surface area contributed by atoms with Gasteiger partial charge in [0, 0.05) is 0 Å². The van der Waals surface area contributed by atoms with Crippen LogP contribution in [0, 0.1) is 5.92 Å². The summed E-state index contributed by atoms with van der Waals surface area (Å²) >= 11 is 1.04. The molecule has 0 heterocycles. The van der Waals surface area contributed by atoms with Gasteiger partial charge in [0.1, 0.15) is 0 Å². The van der Waals surface area contributed by atoms with E-state index in [9.17, 15) is 9.59 Å². The Hall–Kier alpha value is -0.750. The first-order chi connectivity index (χ1) is 6.97. The van der Waals surface area contributed by atoms with E-state index in [4.69, 9.17) is 10.2 Å². The van der Waals surface area contributed by atoms with Crippen LogP contribution in [0.3, 0.4) is 0 Å². The second-order valence-electron chi connectivity index (χ2n) is 3.49. The number of hydrogen-bond acceptors (Lipinski definition) is 4. The molecule has 1 atom stereocenters. The van der Waals surface area contributed by atoms with Crippen molar-refractivity contribution in [2.24, 2.45) is 5.92 Å². The number of aliphatic hydroxyl groups excluding tert-OH is 1. The van der Waals surface area contributed by atoms with Crippen molar-refractivity contribution < 1.29 is 19.8 Å². The van der Waals surface area contributed by atoms with Crippen LogP contribution in [0.5, 0.6) is 0 Å². The zero-order chi connectivity index (χ0) is 11.8. The van der Waals surface area contributed by atoms with Gasteiger partial charge in [0.15, 0.2) is 0 Å². The molecule has 6 heteroatoms. The largest absolute Gasteiger partial charge is 0.481 e. The van der Waals surface area contributed by atoms with E-state index in [2.05, 4.69) is 5.32 Å².